The quantitative estimate of drug-likeness (QED) is 0.355. The zero-order valence-electron chi connectivity index (χ0n) is 17.7. The van der Waals surface area contributed by atoms with Gasteiger partial charge in [0.15, 0.2) is 11.6 Å². The van der Waals surface area contributed by atoms with E-state index >= 15 is 0 Å². The van der Waals surface area contributed by atoms with Crippen molar-refractivity contribution in [1.82, 2.24) is 15.0 Å². The summed E-state index contributed by atoms with van der Waals surface area (Å²) in [7, 11) is 0. The maximum atomic E-state index is 14.2. The first kappa shape index (κ1) is 24.1. The molecule has 0 amide bonds. The van der Waals surface area contributed by atoms with E-state index in [-0.39, 0.29) is 35.9 Å². The summed E-state index contributed by atoms with van der Waals surface area (Å²) in [4.78, 5) is 25.1. The van der Waals surface area contributed by atoms with Crippen LogP contribution in [0, 0.1) is 11.6 Å². The average Bonchev–Trinajstić information content (AvgIpc) is 2.82. The number of ketones is 1. The minimum absolute atomic E-state index is 0.0269. The topological polar surface area (TPSA) is 131 Å². The average molecular weight is 491 g/mol. The van der Waals surface area contributed by atoms with E-state index in [0.717, 1.165) is 18.3 Å². The van der Waals surface area contributed by atoms with Crippen molar-refractivity contribution in [2.45, 2.75) is 37.3 Å². The van der Waals surface area contributed by atoms with Gasteiger partial charge in [0.25, 0.3) is 0 Å². The summed E-state index contributed by atoms with van der Waals surface area (Å²) in [5, 5.41) is 20.3. The van der Waals surface area contributed by atoms with E-state index in [4.69, 9.17) is 22.1 Å². The molecule has 0 unspecified atom stereocenters. The Morgan fingerprint density at radius 3 is 2.65 bits per heavy atom. The first-order valence-electron chi connectivity index (χ1n) is 10.4. The lowest BCUT2D eigenvalue weighted by atomic mass is 9.91. The molecule has 1 saturated heterocycles. The molecule has 2 aromatic heterocycles. The number of carbonyl (C=O) groups excluding carboxylic acids is 1. The highest BCUT2D eigenvalue weighted by molar-refractivity contribution is 6.18. The van der Waals surface area contributed by atoms with Gasteiger partial charge in [-0.15, -0.1) is 11.6 Å². The third kappa shape index (κ3) is 4.76. The molecule has 0 aliphatic carbocycles. The van der Waals surface area contributed by atoms with E-state index in [1.807, 2.05) is 0 Å². The van der Waals surface area contributed by atoms with Crippen LogP contribution in [-0.2, 0) is 11.2 Å². The van der Waals surface area contributed by atoms with Crippen molar-refractivity contribution in [3.05, 3.63) is 71.3 Å². The highest BCUT2D eigenvalue weighted by Gasteiger charge is 2.37. The van der Waals surface area contributed by atoms with Crippen LogP contribution in [-0.4, -0.2) is 55.1 Å². The fourth-order valence-corrected chi connectivity index (χ4v) is 4.14. The van der Waals surface area contributed by atoms with Crippen LogP contribution in [0.1, 0.15) is 34.1 Å². The van der Waals surface area contributed by atoms with Crippen molar-refractivity contribution in [2.75, 3.05) is 11.6 Å². The molecule has 34 heavy (non-hydrogen) atoms. The Morgan fingerprint density at radius 2 is 1.94 bits per heavy atom. The molecule has 3 aromatic rings. The molecular weight excluding hydrogens is 470 g/mol. The number of nitrogens with two attached hydrogens (primary N) is 1. The summed E-state index contributed by atoms with van der Waals surface area (Å²) in [5.74, 6) is -2.61. The molecule has 4 N–H and O–H groups in total. The second-order valence-corrected chi connectivity index (χ2v) is 8.19. The number of aliphatic hydroxyl groups excluding tert-OH is 2. The lowest BCUT2D eigenvalue weighted by Gasteiger charge is -2.37. The van der Waals surface area contributed by atoms with Gasteiger partial charge in [-0.25, -0.2) is 18.7 Å². The maximum absolute atomic E-state index is 14.2. The van der Waals surface area contributed by atoms with E-state index in [0.29, 0.717) is 11.1 Å². The Morgan fingerprint density at radius 1 is 1.21 bits per heavy atom. The van der Waals surface area contributed by atoms with Crippen LogP contribution in [0.5, 0.6) is 0 Å². The van der Waals surface area contributed by atoms with Crippen LogP contribution in [0.3, 0.4) is 0 Å². The molecule has 4 rings (SSSR count). The van der Waals surface area contributed by atoms with Gasteiger partial charge in [0, 0.05) is 25.2 Å². The first-order chi connectivity index (χ1) is 16.3. The van der Waals surface area contributed by atoms with E-state index in [9.17, 15) is 23.8 Å². The van der Waals surface area contributed by atoms with Crippen LogP contribution in [0.4, 0.5) is 14.5 Å². The highest BCUT2D eigenvalue weighted by atomic mass is 35.5. The number of hydrogen-bond acceptors (Lipinski definition) is 8. The number of carbonyl (C=O) groups is 1. The van der Waals surface area contributed by atoms with E-state index in [1.54, 1.807) is 6.07 Å². The number of nitrogens with zero attached hydrogens (tertiary/aromatic N) is 3. The number of halogens is 3. The lowest BCUT2D eigenvalue weighted by Crippen LogP contribution is -2.46. The van der Waals surface area contributed by atoms with Crippen molar-refractivity contribution in [3.8, 4) is 11.4 Å². The number of nitrogen functional groups attached to an aromatic ring is 1. The van der Waals surface area contributed by atoms with Gasteiger partial charge >= 0.3 is 0 Å². The Labute approximate surface area is 198 Å². The SMILES string of the molecule is Nc1cnc(-c2c(F)cccc2F)nc1C(=O)Cc1cnccc1[C@H]1C[C@@H](O)[C@H](O)[C@@H](CCl)O1. The molecule has 0 spiro atoms. The van der Waals surface area contributed by atoms with Crippen LogP contribution in [0.25, 0.3) is 11.4 Å². The van der Waals surface area contributed by atoms with Gasteiger partial charge in [-0.3, -0.25) is 9.78 Å². The molecule has 0 radical (unpaired) electrons. The van der Waals surface area contributed by atoms with E-state index < -0.39 is 47.4 Å². The Balaban J connectivity index is 1.64. The van der Waals surface area contributed by atoms with Crippen LogP contribution in [0.2, 0.25) is 0 Å². The molecular formula is C23H21ClF2N4O4. The number of pyridine rings is 1. The summed E-state index contributed by atoms with van der Waals surface area (Å²) in [6, 6.07) is 4.97. The van der Waals surface area contributed by atoms with Gasteiger partial charge in [-0.2, -0.15) is 0 Å². The molecule has 3 heterocycles. The zero-order chi connectivity index (χ0) is 24.4. The number of Topliss-reactive ketones (excluding diaryl/α,β-unsaturated/α-hetero) is 1. The van der Waals surface area contributed by atoms with Crippen molar-refractivity contribution < 1.29 is 28.5 Å². The van der Waals surface area contributed by atoms with Gasteiger partial charge < -0.3 is 20.7 Å². The Bertz CT molecular complexity index is 1200. The van der Waals surface area contributed by atoms with E-state index in [1.165, 1.54) is 18.5 Å². The molecule has 1 fully saturated rings. The largest absolute Gasteiger partial charge is 0.396 e. The van der Waals surface area contributed by atoms with Crippen molar-refractivity contribution >= 4 is 23.1 Å². The molecule has 1 aromatic carbocycles. The predicted molar refractivity (Wildman–Crippen MR) is 119 cm³/mol. The Hall–Kier alpha value is -3.05. The normalized spacial score (nSPS) is 22.5. The number of anilines is 1. The number of aliphatic hydroxyl groups is 2. The second-order valence-electron chi connectivity index (χ2n) is 7.88. The van der Waals surface area contributed by atoms with Crippen LogP contribution < -0.4 is 5.73 Å². The Kier molecular flexibility index (Phi) is 7.13. The van der Waals surface area contributed by atoms with Gasteiger partial charge in [0.2, 0.25) is 0 Å². The summed E-state index contributed by atoms with van der Waals surface area (Å²) < 4.78 is 34.2. The fourth-order valence-electron chi connectivity index (χ4n) is 3.88. The van der Waals surface area contributed by atoms with Gasteiger partial charge in [-0.1, -0.05) is 6.07 Å². The summed E-state index contributed by atoms with van der Waals surface area (Å²) >= 11 is 5.86. The van der Waals surface area contributed by atoms with Crippen LogP contribution in [0.15, 0.2) is 42.9 Å². The van der Waals surface area contributed by atoms with Crippen molar-refractivity contribution in [2.24, 2.45) is 0 Å². The van der Waals surface area contributed by atoms with Gasteiger partial charge in [-0.05, 0) is 29.3 Å². The summed E-state index contributed by atoms with van der Waals surface area (Å²) in [5.41, 5.74) is 6.25. The summed E-state index contributed by atoms with van der Waals surface area (Å²) in [6.45, 7) is 0. The number of ether oxygens (including phenoxy) is 1. The molecule has 0 saturated carbocycles. The third-order valence-corrected chi connectivity index (χ3v) is 5.93. The molecule has 178 valence electrons. The zero-order valence-corrected chi connectivity index (χ0v) is 18.5. The van der Waals surface area contributed by atoms with Crippen LogP contribution >= 0.6 is 11.6 Å². The van der Waals surface area contributed by atoms with Gasteiger partial charge in [0.05, 0.1) is 35.5 Å². The smallest absolute Gasteiger partial charge is 0.187 e. The molecule has 4 atom stereocenters. The van der Waals surface area contributed by atoms with Gasteiger partial charge in [0.1, 0.15) is 29.5 Å². The van der Waals surface area contributed by atoms with E-state index in [2.05, 4.69) is 15.0 Å². The number of aromatic nitrogens is 3. The standard InChI is InChI=1S/C23H21ClF2N4O4/c24-8-19-22(33)17(32)7-18(34-19)12-4-5-28-9-11(12)6-16(31)21-15(27)10-29-23(30-21)20-13(25)2-1-3-14(20)26/h1-5,9-10,17-19,22,32-33H,6-8,27H2/t17-,18-,19-,22+/m1/s1. The molecule has 1 aliphatic rings. The molecule has 8 nitrogen and oxygen atoms in total. The summed E-state index contributed by atoms with van der Waals surface area (Å²) in [6.07, 6.45) is 0.379. The molecule has 11 heteroatoms. The minimum atomic E-state index is -1.13. The number of alkyl halides is 1. The number of rotatable bonds is 6. The van der Waals surface area contributed by atoms with Crippen molar-refractivity contribution in [3.63, 3.8) is 0 Å². The molecule has 1 aliphatic heterocycles. The maximum Gasteiger partial charge on any atom is 0.187 e. The molecule has 0 bridgehead atoms. The minimum Gasteiger partial charge on any atom is -0.396 e. The first-order valence-corrected chi connectivity index (χ1v) is 10.9. The number of benzene rings is 1. The van der Waals surface area contributed by atoms with Crippen molar-refractivity contribution in [1.29, 1.82) is 0 Å². The lowest BCUT2D eigenvalue weighted by molar-refractivity contribution is -0.162. The number of hydrogen-bond donors (Lipinski definition) is 3. The second kappa shape index (κ2) is 10.1. The highest BCUT2D eigenvalue weighted by Crippen LogP contribution is 2.34. The fraction of sp³-hybridized carbons (Fsp3) is 0.304. The third-order valence-electron chi connectivity index (χ3n) is 5.63. The monoisotopic (exact) mass is 490 g/mol. The predicted octanol–water partition coefficient (Wildman–Crippen LogP) is 2.62.